The SMILES string of the molecule is COC(=O)NN=Cc1ccc(OS(=O)(=O)c2ccc(C)cc2)c(OC)c1. The van der Waals surface area contributed by atoms with Gasteiger partial charge in [0, 0.05) is 0 Å². The number of aryl methyl sites for hydroxylation is 1. The molecule has 2 rings (SSSR count). The number of hydrogen-bond acceptors (Lipinski definition) is 7. The first-order valence-electron chi connectivity index (χ1n) is 7.42. The van der Waals surface area contributed by atoms with Crippen LogP contribution >= 0.6 is 0 Å². The van der Waals surface area contributed by atoms with Gasteiger partial charge in [-0.1, -0.05) is 17.7 Å². The smallest absolute Gasteiger partial charge is 0.427 e. The number of carbonyl (C=O) groups is 1. The van der Waals surface area contributed by atoms with Crippen LogP contribution in [-0.2, 0) is 14.9 Å². The molecule has 0 unspecified atom stereocenters. The minimum Gasteiger partial charge on any atom is -0.493 e. The van der Waals surface area contributed by atoms with E-state index in [1.165, 1.54) is 44.7 Å². The topological polar surface area (TPSA) is 103 Å². The summed E-state index contributed by atoms with van der Waals surface area (Å²) < 4.78 is 39.5. The van der Waals surface area contributed by atoms with Gasteiger partial charge in [-0.25, -0.2) is 10.2 Å². The zero-order valence-corrected chi connectivity index (χ0v) is 15.2. The fourth-order valence-electron chi connectivity index (χ4n) is 1.91. The molecule has 0 heterocycles. The van der Waals surface area contributed by atoms with E-state index in [9.17, 15) is 13.2 Å². The number of hydrazone groups is 1. The summed E-state index contributed by atoms with van der Waals surface area (Å²) in [5.41, 5.74) is 3.63. The van der Waals surface area contributed by atoms with E-state index in [4.69, 9.17) is 8.92 Å². The van der Waals surface area contributed by atoms with E-state index in [2.05, 4.69) is 15.3 Å². The van der Waals surface area contributed by atoms with E-state index in [-0.39, 0.29) is 16.4 Å². The predicted octanol–water partition coefficient (Wildman–Crippen LogP) is 2.46. The predicted molar refractivity (Wildman–Crippen MR) is 95.1 cm³/mol. The van der Waals surface area contributed by atoms with E-state index in [0.717, 1.165) is 5.56 Å². The lowest BCUT2D eigenvalue weighted by molar-refractivity contribution is 0.171. The second-order valence-corrected chi connectivity index (χ2v) is 6.67. The number of carbonyl (C=O) groups excluding carboxylic acids is 1. The molecule has 1 amide bonds. The van der Waals surface area contributed by atoms with E-state index < -0.39 is 16.2 Å². The van der Waals surface area contributed by atoms with Gasteiger partial charge in [0.1, 0.15) is 4.90 Å². The Kier molecular flexibility index (Phi) is 6.18. The molecule has 0 fully saturated rings. The van der Waals surface area contributed by atoms with Crippen molar-refractivity contribution in [1.82, 2.24) is 5.43 Å². The quantitative estimate of drug-likeness (QED) is 0.470. The average Bonchev–Trinajstić information content (AvgIpc) is 2.62. The Bertz CT molecular complexity index is 907. The minimum atomic E-state index is -3.99. The molecule has 26 heavy (non-hydrogen) atoms. The Morgan fingerprint density at radius 1 is 1.08 bits per heavy atom. The molecule has 0 atom stereocenters. The molecule has 0 bridgehead atoms. The third-order valence-corrected chi connectivity index (χ3v) is 4.50. The van der Waals surface area contributed by atoms with Gasteiger partial charge in [-0.15, -0.1) is 0 Å². The highest BCUT2D eigenvalue weighted by Crippen LogP contribution is 2.30. The van der Waals surface area contributed by atoms with Crippen LogP contribution in [0.15, 0.2) is 52.5 Å². The van der Waals surface area contributed by atoms with Gasteiger partial charge in [0.15, 0.2) is 11.5 Å². The van der Waals surface area contributed by atoms with Crippen LogP contribution in [0.1, 0.15) is 11.1 Å². The molecule has 0 spiro atoms. The van der Waals surface area contributed by atoms with Crippen LogP contribution < -0.4 is 14.3 Å². The summed E-state index contributed by atoms with van der Waals surface area (Å²) >= 11 is 0. The molecule has 2 aromatic carbocycles. The summed E-state index contributed by atoms with van der Waals surface area (Å²) in [5, 5.41) is 3.68. The molecule has 0 saturated carbocycles. The molecule has 9 heteroatoms. The fourth-order valence-corrected chi connectivity index (χ4v) is 2.85. The molecule has 0 aromatic heterocycles. The van der Waals surface area contributed by atoms with Crippen molar-refractivity contribution in [3.8, 4) is 11.5 Å². The largest absolute Gasteiger partial charge is 0.493 e. The highest BCUT2D eigenvalue weighted by Gasteiger charge is 2.19. The van der Waals surface area contributed by atoms with Crippen LogP contribution in [0.25, 0.3) is 0 Å². The van der Waals surface area contributed by atoms with E-state index >= 15 is 0 Å². The average molecular weight is 378 g/mol. The summed E-state index contributed by atoms with van der Waals surface area (Å²) in [6.45, 7) is 1.86. The first-order valence-corrected chi connectivity index (χ1v) is 8.83. The summed E-state index contributed by atoms with van der Waals surface area (Å²) in [6, 6.07) is 10.8. The Morgan fingerprint density at radius 3 is 2.38 bits per heavy atom. The van der Waals surface area contributed by atoms with Crippen molar-refractivity contribution in [3.05, 3.63) is 53.6 Å². The Morgan fingerprint density at radius 2 is 1.77 bits per heavy atom. The molecule has 8 nitrogen and oxygen atoms in total. The lowest BCUT2D eigenvalue weighted by atomic mass is 10.2. The molecule has 2 aromatic rings. The lowest BCUT2D eigenvalue weighted by Crippen LogP contribution is -2.16. The summed E-state index contributed by atoms with van der Waals surface area (Å²) in [6.07, 6.45) is 0.634. The Hall–Kier alpha value is -3.07. The van der Waals surface area contributed by atoms with Crippen molar-refractivity contribution in [2.24, 2.45) is 5.10 Å². The zero-order chi connectivity index (χ0) is 19.2. The van der Waals surface area contributed by atoms with Gasteiger partial charge in [0.05, 0.1) is 20.4 Å². The third-order valence-electron chi connectivity index (χ3n) is 3.25. The lowest BCUT2D eigenvalue weighted by Gasteiger charge is -2.11. The van der Waals surface area contributed by atoms with Crippen LogP contribution in [0.2, 0.25) is 0 Å². The molecule has 0 aliphatic rings. The van der Waals surface area contributed by atoms with Crippen LogP contribution in [-0.4, -0.2) is 34.9 Å². The van der Waals surface area contributed by atoms with Crippen LogP contribution in [0.3, 0.4) is 0 Å². The number of amides is 1. The van der Waals surface area contributed by atoms with Crippen LogP contribution in [0.4, 0.5) is 4.79 Å². The summed E-state index contributed by atoms with van der Waals surface area (Å²) in [5.74, 6) is 0.230. The van der Waals surface area contributed by atoms with Crippen molar-refractivity contribution < 1.29 is 26.9 Å². The maximum absolute atomic E-state index is 12.4. The van der Waals surface area contributed by atoms with E-state index in [0.29, 0.717) is 5.56 Å². The van der Waals surface area contributed by atoms with E-state index in [1.807, 2.05) is 6.92 Å². The van der Waals surface area contributed by atoms with Gasteiger partial charge in [0.25, 0.3) is 0 Å². The van der Waals surface area contributed by atoms with Crippen molar-refractivity contribution in [2.45, 2.75) is 11.8 Å². The van der Waals surface area contributed by atoms with Crippen molar-refractivity contribution >= 4 is 22.4 Å². The monoisotopic (exact) mass is 378 g/mol. The number of nitrogens with zero attached hydrogens (tertiary/aromatic N) is 1. The van der Waals surface area contributed by atoms with Crippen LogP contribution in [0.5, 0.6) is 11.5 Å². The van der Waals surface area contributed by atoms with Crippen LogP contribution in [0, 0.1) is 6.92 Å². The number of hydrogen-bond donors (Lipinski definition) is 1. The van der Waals surface area contributed by atoms with Crippen molar-refractivity contribution in [1.29, 1.82) is 0 Å². The molecule has 1 N–H and O–H groups in total. The third kappa shape index (κ3) is 4.96. The van der Waals surface area contributed by atoms with Gasteiger partial charge in [-0.05, 0) is 42.8 Å². The first-order chi connectivity index (χ1) is 12.4. The van der Waals surface area contributed by atoms with Gasteiger partial charge in [0.2, 0.25) is 0 Å². The maximum Gasteiger partial charge on any atom is 0.427 e. The second-order valence-electron chi connectivity index (χ2n) is 5.12. The molecule has 0 aliphatic heterocycles. The number of rotatable bonds is 6. The Balaban J connectivity index is 2.21. The van der Waals surface area contributed by atoms with Crippen molar-refractivity contribution in [2.75, 3.05) is 14.2 Å². The summed E-state index contributed by atoms with van der Waals surface area (Å²) in [7, 11) is -1.39. The normalized spacial score (nSPS) is 11.2. The first kappa shape index (κ1) is 19.3. The van der Waals surface area contributed by atoms with Gasteiger partial charge < -0.3 is 13.7 Å². The number of benzene rings is 2. The number of methoxy groups -OCH3 is 2. The molecular formula is C17H18N2O6S. The second kappa shape index (κ2) is 8.34. The number of ether oxygens (including phenoxy) is 2. The molecular weight excluding hydrogens is 360 g/mol. The standard InChI is InChI=1S/C17H18N2O6S/c1-12-4-7-14(8-5-12)26(21,22)25-15-9-6-13(10-16(15)23-2)11-18-19-17(20)24-3/h4-11H,1-3H3,(H,19,20). The maximum atomic E-state index is 12.4. The van der Waals surface area contributed by atoms with Crippen molar-refractivity contribution in [3.63, 3.8) is 0 Å². The fraction of sp³-hybridized carbons (Fsp3) is 0.176. The highest BCUT2D eigenvalue weighted by atomic mass is 32.2. The Labute approximate surface area is 151 Å². The van der Waals surface area contributed by atoms with E-state index in [1.54, 1.807) is 18.2 Å². The molecule has 138 valence electrons. The van der Waals surface area contributed by atoms with Gasteiger partial charge in [-0.3, -0.25) is 0 Å². The molecule has 0 radical (unpaired) electrons. The highest BCUT2D eigenvalue weighted by molar-refractivity contribution is 7.87. The van der Waals surface area contributed by atoms with Gasteiger partial charge >= 0.3 is 16.2 Å². The zero-order valence-electron chi connectivity index (χ0n) is 14.4. The molecule has 0 aliphatic carbocycles. The number of nitrogens with one attached hydrogen (secondary N) is 1. The molecule has 0 saturated heterocycles. The minimum absolute atomic E-state index is 0.0335. The van der Waals surface area contributed by atoms with Gasteiger partial charge in [-0.2, -0.15) is 13.5 Å². The summed E-state index contributed by atoms with van der Waals surface area (Å²) in [4.78, 5) is 11.0.